The van der Waals surface area contributed by atoms with E-state index >= 15 is 0 Å². The van der Waals surface area contributed by atoms with Gasteiger partial charge in [-0.15, -0.1) is 0 Å². The number of carbonyl (C=O) groups is 1. The molecule has 0 aliphatic heterocycles. The highest BCUT2D eigenvalue weighted by molar-refractivity contribution is 5.94. The summed E-state index contributed by atoms with van der Waals surface area (Å²) in [6, 6.07) is 3.43. The SMILES string of the molecule is O=C(CNCC1CC1)c1ccco1. The summed E-state index contributed by atoms with van der Waals surface area (Å²) in [4.78, 5) is 11.4. The van der Waals surface area contributed by atoms with Crippen LogP contribution in [0.4, 0.5) is 0 Å². The predicted molar refractivity (Wildman–Crippen MR) is 48.6 cm³/mol. The summed E-state index contributed by atoms with van der Waals surface area (Å²) >= 11 is 0. The van der Waals surface area contributed by atoms with Crippen molar-refractivity contribution in [1.29, 1.82) is 0 Å². The highest BCUT2D eigenvalue weighted by Crippen LogP contribution is 2.27. The average molecular weight is 179 g/mol. The average Bonchev–Trinajstić information content (AvgIpc) is 2.80. The van der Waals surface area contributed by atoms with Gasteiger partial charge in [-0.1, -0.05) is 0 Å². The molecule has 0 atom stereocenters. The Morgan fingerprint density at radius 1 is 1.62 bits per heavy atom. The van der Waals surface area contributed by atoms with E-state index in [1.54, 1.807) is 12.1 Å². The Bertz CT molecular complexity index is 275. The number of furan rings is 1. The number of carbonyl (C=O) groups excluding carboxylic acids is 1. The lowest BCUT2D eigenvalue weighted by atomic mass is 10.3. The van der Waals surface area contributed by atoms with Gasteiger partial charge in [-0.25, -0.2) is 0 Å². The van der Waals surface area contributed by atoms with Crippen LogP contribution in [0.25, 0.3) is 0 Å². The normalized spacial score (nSPS) is 16.0. The van der Waals surface area contributed by atoms with Crippen molar-refractivity contribution in [2.45, 2.75) is 12.8 Å². The largest absolute Gasteiger partial charge is 0.461 e. The molecule has 0 amide bonds. The maximum atomic E-state index is 11.4. The summed E-state index contributed by atoms with van der Waals surface area (Å²) in [5.41, 5.74) is 0. The number of rotatable bonds is 5. The van der Waals surface area contributed by atoms with Gasteiger partial charge in [0, 0.05) is 0 Å². The summed E-state index contributed by atoms with van der Waals surface area (Å²) in [5.74, 6) is 1.29. The lowest BCUT2D eigenvalue weighted by Gasteiger charge is -1.99. The van der Waals surface area contributed by atoms with E-state index in [-0.39, 0.29) is 5.78 Å². The summed E-state index contributed by atoms with van der Waals surface area (Å²) in [6.07, 6.45) is 4.14. The van der Waals surface area contributed by atoms with Crippen LogP contribution in [-0.2, 0) is 0 Å². The number of hydrogen-bond donors (Lipinski definition) is 1. The molecular weight excluding hydrogens is 166 g/mol. The van der Waals surface area contributed by atoms with E-state index < -0.39 is 0 Å². The van der Waals surface area contributed by atoms with Gasteiger partial charge >= 0.3 is 0 Å². The van der Waals surface area contributed by atoms with Crippen LogP contribution in [0.15, 0.2) is 22.8 Å². The zero-order valence-corrected chi connectivity index (χ0v) is 7.45. The molecule has 0 unspecified atom stereocenters. The Morgan fingerprint density at radius 2 is 2.46 bits per heavy atom. The lowest BCUT2D eigenvalue weighted by molar-refractivity contribution is 0.0964. The third-order valence-corrected chi connectivity index (χ3v) is 2.21. The highest BCUT2D eigenvalue weighted by Gasteiger charge is 2.20. The molecule has 2 rings (SSSR count). The first-order chi connectivity index (χ1) is 6.36. The van der Waals surface area contributed by atoms with Crippen molar-refractivity contribution in [3.05, 3.63) is 24.2 Å². The monoisotopic (exact) mass is 179 g/mol. The second-order valence-corrected chi connectivity index (χ2v) is 3.47. The molecule has 1 aliphatic carbocycles. The summed E-state index contributed by atoms with van der Waals surface area (Å²) in [6.45, 7) is 1.36. The van der Waals surface area contributed by atoms with Crippen LogP contribution >= 0.6 is 0 Å². The quantitative estimate of drug-likeness (QED) is 0.696. The van der Waals surface area contributed by atoms with Crippen LogP contribution < -0.4 is 5.32 Å². The minimum atomic E-state index is 0.0330. The van der Waals surface area contributed by atoms with Crippen LogP contribution in [0.2, 0.25) is 0 Å². The summed E-state index contributed by atoms with van der Waals surface area (Å²) in [7, 11) is 0. The molecule has 3 heteroatoms. The van der Waals surface area contributed by atoms with Crippen molar-refractivity contribution in [2.24, 2.45) is 5.92 Å². The Balaban J connectivity index is 1.71. The molecule has 1 N–H and O–H groups in total. The first kappa shape index (κ1) is 8.51. The smallest absolute Gasteiger partial charge is 0.211 e. The molecule has 13 heavy (non-hydrogen) atoms. The molecule has 3 nitrogen and oxygen atoms in total. The first-order valence-corrected chi connectivity index (χ1v) is 4.63. The van der Waals surface area contributed by atoms with E-state index in [0.29, 0.717) is 12.3 Å². The summed E-state index contributed by atoms with van der Waals surface area (Å²) < 4.78 is 4.98. The molecule has 1 fully saturated rings. The Morgan fingerprint density at radius 3 is 3.08 bits per heavy atom. The van der Waals surface area contributed by atoms with Crippen molar-refractivity contribution in [3.63, 3.8) is 0 Å². The van der Waals surface area contributed by atoms with Crippen LogP contribution in [0.3, 0.4) is 0 Å². The van der Waals surface area contributed by atoms with Crippen LogP contribution in [-0.4, -0.2) is 18.9 Å². The zero-order valence-electron chi connectivity index (χ0n) is 7.45. The highest BCUT2D eigenvalue weighted by atomic mass is 16.3. The van der Waals surface area contributed by atoms with Crippen molar-refractivity contribution in [1.82, 2.24) is 5.32 Å². The fourth-order valence-electron chi connectivity index (χ4n) is 1.24. The Labute approximate surface area is 77.1 Å². The van der Waals surface area contributed by atoms with Crippen molar-refractivity contribution >= 4 is 5.78 Å². The second-order valence-electron chi connectivity index (χ2n) is 3.47. The fourth-order valence-corrected chi connectivity index (χ4v) is 1.24. The van der Waals surface area contributed by atoms with Gasteiger partial charge in [-0.3, -0.25) is 4.79 Å². The molecule has 1 aromatic rings. The van der Waals surface area contributed by atoms with E-state index in [1.807, 2.05) is 0 Å². The molecule has 0 bridgehead atoms. The van der Waals surface area contributed by atoms with Gasteiger partial charge in [-0.2, -0.15) is 0 Å². The molecule has 1 heterocycles. The van der Waals surface area contributed by atoms with Gasteiger partial charge in [0.15, 0.2) is 5.76 Å². The van der Waals surface area contributed by atoms with E-state index in [9.17, 15) is 4.79 Å². The topological polar surface area (TPSA) is 42.2 Å². The second kappa shape index (κ2) is 3.75. The van der Waals surface area contributed by atoms with E-state index in [4.69, 9.17) is 4.42 Å². The molecule has 70 valence electrons. The van der Waals surface area contributed by atoms with Crippen molar-refractivity contribution < 1.29 is 9.21 Å². The van der Waals surface area contributed by atoms with Gasteiger partial charge in [0.05, 0.1) is 12.8 Å². The van der Waals surface area contributed by atoms with E-state index in [2.05, 4.69) is 5.32 Å². The molecule has 0 saturated heterocycles. The molecule has 1 aromatic heterocycles. The molecule has 1 saturated carbocycles. The fraction of sp³-hybridized carbons (Fsp3) is 0.500. The van der Waals surface area contributed by atoms with Crippen molar-refractivity contribution in [3.8, 4) is 0 Å². The molecule has 0 aromatic carbocycles. The van der Waals surface area contributed by atoms with E-state index in [0.717, 1.165) is 12.5 Å². The van der Waals surface area contributed by atoms with Gasteiger partial charge in [0.2, 0.25) is 5.78 Å². The maximum absolute atomic E-state index is 11.4. The van der Waals surface area contributed by atoms with Gasteiger partial charge in [0.25, 0.3) is 0 Å². The number of ketones is 1. The molecule has 0 spiro atoms. The number of hydrogen-bond acceptors (Lipinski definition) is 3. The maximum Gasteiger partial charge on any atom is 0.211 e. The minimum absolute atomic E-state index is 0.0330. The van der Waals surface area contributed by atoms with E-state index in [1.165, 1.54) is 19.1 Å². The lowest BCUT2D eigenvalue weighted by Crippen LogP contribution is -2.24. The molecule has 1 aliphatic rings. The molecule has 0 radical (unpaired) electrons. The van der Waals surface area contributed by atoms with Gasteiger partial charge in [0.1, 0.15) is 0 Å². The molecular formula is C10H13NO2. The third-order valence-electron chi connectivity index (χ3n) is 2.21. The van der Waals surface area contributed by atoms with Crippen LogP contribution in [0.5, 0.6) is 0 Å². The standard InChI is InChI=1S/C10H13NO2/c12-9(10-2-1-5-13-10)7-11-6-8-3-4-8/h1-2,5,8,11H,3-4,6-7H2. The Kier molecular flexibility index (Phi) is 2.45. The number of nitrogens with one attached hydrogen (secondary N) is 1. The van der Waals surface area contributed by atoms with Crippen molar-refractivity contribution in [2.75, 3.05) is 13.1 Å². The summed E-state index contributed by atoms with van der Waals surface area (Å²) in [5, 5.41) is 3.13. The zero-order chi connectivity index (χ0) is 9.10. The van der Waals surface area contributed by atoms with Gasteiger partial charge < -0.3 is 9.73 Å². The van der Waals surface area contributed by atoms with Crippen LogP contribution in [0.1, 0.15) is 23.4 Å². The Hall–Kier alpha value is -1.09. The first-order valence-electron chi connectivity index (χ1n) is 4.63. The third kappa shape index (κ3) is 2.42. The number of Topliss-reactive ketones (excluding diaryl/α,β-unsaturated/α-hetero) is 1. The minimum Gasteiger partial charge on any atom is -0.461 e. The van der Waals surface area contributed by atoms with Gasteiger partial charge in [-0.05, 0) is 37.4 Å². The van der Waals surface area contributed by atoms with Crippen LogP contribution in [0, 0.1) is 5.92 Å². The predicted octanol–water partition coefficient (Wildman–Crippen LogP) is 1.46.